The Hall–Kier alpha value is -1.61. The number of aryl methyl sites for hydroxylation is 2. The fraction of sp³-hybridized carbons (Fsp3) is 0.133. The van der Waals surface area contributed by atoms with E-state index in [1.807, 2.05) is 6.07 Å². The molecular formula is C15H12BrNO. The minimum Gasteiger partial charge on any atom is -0.453 e. The van der Waals surface area contributed by atoms with Gasteiger partial charge in [0.25, 0.3) is 0 Å². The molecule has 0 N–H and O–H groups in total. The molecule has 0 aliphatic carbocycles. The number of hydrogen-bond acceptors (Lipinski definition) is 2. The largest absolute Gasteiger partial charge is 0.453 e. The molecule has 0 fully saturated rings. The van der Waals surface area contributed by atoms with Crippen LogP contribution in [0.15, 0.2) is 45.5 Å². The van der Waals surface area contributed by atoms with Gasteiger partial charge in [-0.1, -0.05) is 18.2 Å². The third-order valence-corrected chi connectivity index (χ3v) is 3.68. The molecule has 1 aromatic carbocycles. The minimum absolute atomic E-state index is 0.748. The lowest BCUT2D eigenvalue weighted by molar-refractivity contribution is 0.626. The summed E-state index contributed by atoms with van der Waals surface area (Å²) in [7, 11) is 0. The molecule has 0 amide bonds. The first-order valence-electron chi connectivity index (χ1n) is 5.77. The van der Waals surface area contributed by atoms with E-state index >= 15 is 0 Å². The molecular weight excluding hydrogens is 290 g/mol. The molecule has 0 saturated heterocycles. The summed E-state index contributed by atoms with van der Waals surface area (Å²) in [6, 6.07) is 10.3. The molecule has 0 aliphatic heterocycles. The molecule has 2 nitrogen and oxygen atoms in total. The number of pyridine rings is 1. The van der Waals surface area contributed by atoms with Crippen LogP contribution in [0.3, 0.4) is 0 Å². The maximum Gasteiger partial charge on any atom is 0.167 e. The molecule has 0 aliphatic rings. The van der Waals surface area contributed by atoms with Gasteiger partial charge in [0, 0.05) is 17.1 Å². The molecule has 0 saturated carbocycles. The summed E-state index contributed by atoms with van der Waals surface area (Å²) >= 11 is 3.41. The van der Waals surface area contributed by atoms with Crippen LogP contribution in [0, 0.1) is 13.8 Å². The highest BCUT2D eigenvalue weighted by molar-refractivity contribution is 9.10. The molecule has 90 valence electrons. The maximum atomic E-state index is 5.94. The molecule has 0 atom stereocenters. The van der Waals surface area contributed by atoms with E-state index in [-0.39, 0.29) is 0 Å². The zero-order valence-electron chi connectivity index (χ0n) is 10.2. The predicted octanol–water partition coefficient (Wildman–Crippen LogP) is 4.87. The number of aromatic nitrogens is 1. The Balaban J connectivity index is 2.30. The zero-order chi connectivity index (χ0) is 12.7. The van der Waals surface area contributed by atoms with Crippen molar-refractivity contribution in [3.05, 3.63) is 52.3 Å². The lowest BCUT2D eigenvalue weighted by Gasteiger charge is -2.05. The summed E-state index contributed by atoms with van der Waals surface area (Å²) in [6.07, 6.45) is 1.77. The van der Waals surface area contributed by atoms with Gasteiger partial charge in [-0.3, -0.25) is 0 Å². The van der Waals surface area contributed by atoms with Gasteiger partial charge in [0.2, 0.25) is 0 Å². The Morgan fingerprint density at radius 1 is 1.11 bits per heavy atom. The van der Waals surface area contributed by atoms with Crippen LogP contribution in [0.1, 0.15) is 11.1 Å². The van der Waals surface area contributed by atoms with Gasteiger partial charge >= 0.3 is 0 Å². The first-order valence-corrected chi connectivity index (χ1v) is 6.57. The smallest absolute Gasteiger partial charge is 0.167 e. The van der Waals surface area contributed by atoms with E-state index in [0.717, 1.165) is 21.3 Å². The van der Waals surface area contributed by atoms with Crippen molar-refractivity contribution in [1.29, 1.82) is 0 Å². The summed E-state index contributed by atoms with van der Waals surface area (Å²) in [6.45, 7) is 4.20. The fourth-order valence-electron chi connectivity index (χ4n) is 2.26. The van der Waals surface area contributed by atoms with Crippen molar-refractivity contribution in [2.45, 2.75) is 13.8 Å². The van der Waals surface area contributed by atoms with Crippen LogP contribution in [0.5, 0.6) is 0 Å². The van der Waals surface area contributed by atoms with Gasteiger partial charge in [0.15, 0.2) is 5.58 Å². The van der Waals surface area contributed by atoms with Crippen LogP contribution in [-0.2, 0) is 0 Å². The van der Waals surface area contributed by atoms with E-state index in [4.69, 9.17) is 4.42 Å². The van der Waals surface area contributed by atoms with Gasteiger partial charge < -0.3 is 4.42 Å². The standard InChI is InChI=1S/C15H12BrNO/c1-9-4-3-5-10(2)13(9)12-8-11-6-7-17-15(16)14(11)18-12/h3-8H,1-2H3. The fourth-order valence-corrected chi connectivity index (χ4v) is 2.69. The van der Waals surface area contributed by atoms with E-state index in [1.165, 1.54) is 16.7 Å². The number of furan rings is 1. The number of halogens is 1. The second-order valence-corrected chi connectivity index (χ2v) is 5.15. The molecule has 2 aromatic heterocycles. The summed E-state index contributed by atoms with van der Waals surface area (Å²) in [5, 5.41) is 1.06. The number of benzene rings is 1. The first kappa shape index (κ1) is 11.5. The number of fused-ring (bicyclic) bond motifs is 1. The van der Waals surface area contributed by atoms with Crippen molar-refractivity contribution in [2.75, 3.05) is 0 Å². The summed E-state index contributed by atoms with van der Waals surface area (Å²) < 4.78 is 6.68. The second-order valence-electron chi connectivity index (χ2n) is 4.40. The van der Waals surface area contributed by atoms with Crippen LogP contribution in [-0.4, -0.2) is 4.98 Å². The average molecular weight is 302 g/mol. The van der Waals surface area contributed by atoms with E-state index in [2.05, 4.69) is 59.0 Å². The molecule has 0 spiro atoms. The predicted molar refractivity (Wildman–Crippen MR) is 76.6 cm³/mol. The Kier molecular flexibility index (Phi) is 2.71. The minimum atomic E-state index is 0.748. The summed E-state index contributed by atoms with van der Waals surface area (Å²) in [5.74, 6) is 0.898. The average Bonchev–Trinajstić information content (AvgIpc) is 2.74. The van der Waals surface area contributed by atoms with Gasteiger partial charge in [-0.15, -0.1) is 0 Å². The highest BCUT2D eigenvalue weighted by atomic mass is 79.9. The quantitative estimate of drug-likeness (QED) is 0.599. The zero-order valence-corrected chi connectivity index (χ0v) is 11.8. The van der Waals surface area contributed by atoms with Gasteiger partial charge in [-0.25, -0.2) is 4.98 Å². The third kappa shape index (κ3) is 1.75. The summed E-state index contributed by atoms with van der Waals surface area (Å²) in [5.41, 5.74) is 4.41. The molecule has 2 heterocycles. The number of rotatable bonds is 1. The van der Waals surface area contributed by atoms with Crippen molar-refractivity contribution >= 4 is 26.9 Å². The highest BCUT2D eigenvalue weighted by Crippen LogP contribution is 2.34. The molecule has 3 rings (SSSR count). The van der Waals surface area contributed by atoms with Crippen molar-refractivity contribution < 1.29 is 4.42 Å². The van der Waals surface area contributed by atoms with Crippen molar-refractivity contribution in [2.24, 2.45) is 0 Å². The number of nitrogens with zero attached hydrogens (tertiary/aromatic N) is 1. The third-order valence-electron chi connectivity index (χ3n) is 3.12. The van der Waals surface area contributed by atoms with Gasteiger partial charge in [0.05, 0.1) is 0 Å². The Bertz CT molecular complexity index is 710. The maximum absolute atomic E-state index is 5.94. The Morgan fingerprint density at radius 3 is 2.50 bits per heavy atom. The SMILES string of the molecule is Cc1cccc(C)c1-c1cc2ccnc(Br)c2o1. The first-order chi connectivity index (χ1) is 8.66. The molecule has 0 radical (unpaired) electrons. The molecule has 18 heavy (non-hydrogen) atoms. The van der Waals surface area contributed by atoms with Crippen LogP contribution >= 0.6 is 15.9 Å². The lowest BCUT2D eigenvalue weighted by Crippen LogP contribution is -1.85. The monoisotopic (exact) mass is 301 g/mol. The van der Waals surface area contributed by atoms with Crippen LogP contribution < -0.4 is 0 Å². The topological polar surface area (TPSA) is 26.0 Å². The van der Waals surface area contributed by atoms with Crippen LogP contribution in [0.2, 0.25) is 0 Å². The number of hydrogen-bond donors (Lipinski definition) is 0. The van der Waals surface area contributed by atoms with Gasteiger partial charge in [-0.05, 0) is 53.0 Å². The highest BCUT2D eigenvalue weighted by Gasteiger charge is 2.12. The summed E-state index contributed by atoms with van der Waals surface area (Å²) in [4.78, 5) is 4.18. The normalized spacial score (nSPS) is 11.1. The lowest BCUT2D eigenvalue weighted by atomic mass is 10.0. The van der Waals surface area contributed by atoms with E-state index in [0.29, 0.717) is 0 Å². The second kappa shape index (κ2) is 4.25. The molecule has 0 unspecified atom stereocenters. The van der Waals surface area contributed by atoms with Gasteiger partial charge in [0.1, 0.15) is 10.4 Å². The van der Waals surface area contributed by atoms with Crippen LogP contribution in [0.25, 0.3) is 22.3 Å². The van der Waals surface area contributed by atoms with E-state index in [9.17, 15) is 0 Å². The Labute approximate surface area is 114 Å². The van der Waals surface area contributed by atoms with E-state index < -0.39 is 0 Å². The van der Waals surface area contributed by atoms with Crippen molar-refractivity contribution in [1.82, 2.24) is 4.98 Å². The van der Waals surface area contributed by atoms with Crippen molar-refractivity contribution in [3.63, 3.8) is 0 Å². The van der Waals surface area contributed by atoms with Gasteiger partial charge in [-0.2, -0.15) is 0 Å². The molecule has 0 bridgehead atoms. The molecule has 3 heteroatoms. The van der Waals surface area contributed by atoms with E-state index in [1.54, 1.807) is 6.20 Å². The van der Waals surface area contributed by atoms with Crippen LogP contribution in [0.4, 0.5) is 0 Å². The molecule has 3 aromatic rings. The Morgan fingerprint density at radius 2 is 1.83 bits per heavy atom. The van der Waals surface area contributed by atoms with Crippen molar-refractivity contribution in [3.8, 4) is 11.3 Å².